The molecule has 1 aliphatic carbocycles. The van der Waals surface area contributed by atoms with E-state index in [2.05, 4.69) is 4.90 Å². The van der Waals surface area contributed by atoms with E-state index >= 15 is 0 Å². The number of carboxylic acid groups (broad SMARTS) is 1. The van der Waals surface area contributed by atoms with Crippen molar-refractivity contribution in [2.45, 2.75) is 32.1 Å². The van der Waals surface area contributed by atoms with E-state index in [1.165, 1.54) is 25.7 Å². The van der Waals surface area contributed by atoms with Crippen molar-refractivity contribution in [2.75, 3.05) is 33.4 Å². The molecule has 2 fully saturated rings. The molecule has 2 aliphatic rings. The molecule has 0 aromatic heterocycles. The van der Waals surface area contributed by atoms with Gasteiger partial charge in [-0.05, 0) is 18.8 Å². The number of rotatable bonds is 5. The fourth-order valence-electron chi connectivity index (χ4n) is 3.64. The van der Waals surface area contributed by atoms with E-state index in [4.69, 9.17) is 9.84 Å². The molecule has 1 heterocycles. The van der Waals surface area contributed by atoms with Crippen LogP contribution in [0.1, 0.15) is 32.1 Å². The van der Waals surface area contributed by atoms with Crippen LogP contribution in [-0.4, -0.2) is 49.3 Å². The molecule has 17 heavy (non-hydrogen) atoms. The Morgan fingerprint density at radius 1 is 1.53 bits per heavy atom. The third kappa shape index (κ3) is 2.80. The number of ether oxygens (including phenoxy) is 1. The summed E-state index contributed by atoms with van der Waals surface area (Å²) >= 11 is 0. The molecule has 1 saturated carbocycles. The van der Waals surface area contributed by atoms with Crippen LogP contribution in [-0.2, 0) is 9.53 Å². The predicted molar refractivity (Wildman–Crippen MR) is 65.0 cm³/mol. The quantitative estimate of drug-likeness (QED) is 0.794. The topological polar surface area (TPSA) is 49.8 Å². The highest BCUT2D eigenvalue weighted by Gasteiger charge is 2.47. The van der Waals surface area contributed by atoms with Crippen LogP contribution in [0, 0.1) is 11.3 Å². The van der Waals surface area contributed by atoms with Gasteiger partial charge in [0.1, 0.15) is 0 Å². The van der Waals surface area contributed by atoms with Gasteiger partial charge in [-0.3, -0.25) is 4.79 Å². The summed E-state index contributed by atoms with van der Waals surface area (Å²) in [5, 5.41) is 8.75. The lowest BCUT2D eigenvalue weighted by atomic mass is 9.69. The lowest BCUT2D eigenvalue weighted by Gasteiger charge is -2.38. The molecule has 0 spiro atoms. The predicted octanol–water partition coefficient (Wildman–Crippen LogP) is 1.60. The molecular weight excluding hydrogens is 218 g/mol. The van der Waals surface area contributed by atoms with E-state index in [1.807, 2.05) is 0 Å². The first-order valence-corrected chi connectivity index (χ1v) is 6.59. The van der Waals surface area contributed by atoms with Gasteiger partial charge in [0.15, 0.2) is 0 Å². The number of aliphatic carboxylic acids is 1. The standard InChI is InChI=1S/C13H23NO3/c1-17-10-13-6-3-2-4-11(13)8-14(9-13)7-5-12(15)16/h11H,2-10H2,1H3,(H,15,16)/t11-,13-/m1/s1. The fourth-order valence-corrected chi connectivity index (χ4v) is 3.64. The Morgan fingerprint density at radius 3 is 3.06 bits per heavy atom. The summed E-state index contributed by atoms with van der Waals surface area (Å²) in [4.78, 5) is 12.9. The van der Waals surface area contributed by atoms with E-state index < -0.39 is 5.97 Å². The lowest BCUT2D eigenvalue weighted by molar-refractivity contribution is -0.137. The first-order chi connectivity index (χ1) is 8.16. The van der Waals surface area contributed by atoms with Crippen molar-refractivity contribution in [1.82, 2.24) is 4.90 Å². The molecule has 0 aromatic rings. The number of methoxy groups -OCH3 is 1. The Labute approximate surface area is 103 Å². The maximum Gasteiger partial charge on any atom is 0.304 e. The number of fused-ring (bicyclic) bond motifs is 1. The Hall–Kier alpha value is -0.610. The van der Waals surface area contributed by atoms with Gasteiger partial charge in [0.05, 0.1) is 13.0 Å². The van der Waals surface area contributed by atoms with Crippen LogP contribution in [0.15, 0.2) is 0 Å². The number of hydrogen-bond donors (Lipinski definition) is 1. The van der Waals surface area contributed by atoms with E-state index in [9.17, 15) is 4.79 Å². The van der Waals surface area contributed by atoms with E-state index in [1.54, 1.807) is 7.11 Å². The van der Waals surface area contributed by atoms with Gasteiger partial charge in [0.25, 0.3) is 0 Å². The van der Waals surface area contributed by atoms with Crippen LogP contribution in [0.3, 0.4) is 0 Å². The Morgan fingerprint density at radius 2 is 2.35 bits per heavy atom. The van der Waals surface area contributed by atoms with Crippen molar-refractivity contribution in [1.29, 1.82) is 0 Å². The average Bonchev–Trinajstić information content (AvgIpc) is 2.65. The van der Waals surface area contributed by atoms with E-state index in [0.29, 0.717) is 17.9 Å². The zero-order valence-electron chi connectivity index (χ0n) is 10.7. The van der Waals surface area contributed by atoms with Crippen LogP contribution < -0.4 is 0 Å². The van der Waals surface area contributed by atoms with Crippen molar-refractivity contribution < 1.29 is 14.6 Å². The van der Waals surface area contributed by atoms with Gasteiger partial charge in [-0.1, -0.05) is 12.8 Å². The SMILES string of the molecule is COC[C@]12CCCC[C@@H]1CN(CCC(=O)O)C2. The van der Waals surface area contributed by atoms with Crippen molar-refractivity contribution in [3.8, 4) is 0 Å². The summed E-state index contributed by atoms with van der Waals surface area (Å²) in [5.41, 5.74) is 0.311. The molecule has 0 bridgehead atoms. The summed E-state index contributed by atoms with van der Waals surface area (Å²) in [6.07, 6.45) is 5.41. The molecule has 2 rings (SSSR count). The molecular formula is C13H23NO3. The van der Waals surface area contributed by atoms with Crippen molar-refractivity contribution >= 4 is 5.97 Å². The number of hydrogen-bond acceptors (Lipinski definition) is 3. The second-order valence-electron chi connectivity index (χ2n) is 5.62. The van der Waals surface area contributed by atoms with Crippen molar-refractivity contribution in [2.24, 2.45) is 11.3 Å². The summed E-state index contributed by atoms with van der Waals surface area (Å²) in [6.45, 7) is 3.62. The third-order valence-electron chi connectivity index (χ3n) is 4.43. The van der Waals surface area contributed by atoms with Crippen molar-refractivity contribution in [3.63, 3.8) is 0 Å². The van der Waals surface area contributed by atoms with Gasteiger partial charge in [-0.25, -0.2) is 0 Å². The van der Waals surface area contributed by atoms with E-state index in [-0.39, 0.29) is 6.42 Å². The van der Waals surface area contributed by atoms with Crippen molar-refractivity contribution in [3.05, 3.63) is 0 Å². The maximum atomic E-state index is 10.6. The van der Waals surface area contributed by atoms with Gasteiger partial charge in [-0.15, -0.1) is 0 Å². The highest BCUT2D eigenvalue weighted by Crippen LogP contribution is 2.46. The van der Waals surface area contributed by atoms with Crippen LogP contribution in [0.2, 0.25) is 0 Å². The first-order valence-electron chi connectivity index (χ1n) is 6.59. The molecule has 98 valence electrons. The smallest absolute Gasteiger partial charge is 0.304 e. The normalized spacial score (nSPS) is 33.6. The second kappa shape index (κ2) is 5.36. The first kappa shape index (κ1) is 12.8. The molecule has 2 atom stereocenters. The zero-order valence-corrected chi connectivity index (χ0v) is 10.7. The van der Waals surface area contributed by atoms with Gasteiger partial charge in [0.2, 0.25) is 0 Å². The van der Waals surface area contributed by atoms with Gasteiger partial charge in [-0.2, -0.15) is 0 Å². The molecule has 1 saturated heterocycles. The number of carboxylic acids is 1. The Kier molecular flexibility index (Phi) is 4.05. The summed E-state index contributed by atoms with van der Waals surface area (Å²) in [5.74, 6) is 0.0191. The molecule has 4 heteroatoms. The third-order valence-corrected chi connectivity index (χ3v) is 4.43. The summed E-state index contributed by atoms with van der Waals surface area (Å²) < 4.78 is 5.42. The van der Waals surface area contributed by atoms with Gasteiger partial charge < -0.3 is 14.7 Å². The minimum atomic E-state index is -0.694. The van der Waals surface area contributed by atoms with Crippen LogP contribution in [0.4, 0.5) is 0 Å². The zero-order chi connectivity index (χ0) is 12.3. The van der Waals surface area contributed by atoms with Crippen LogP contribution in [0.25, 0.3) is 0 Å². The maximum absolute atomic E-state index is 10.6. The van der Waals surface area contributed by atoms with Crippen LogP contribution >= 0.6 is 0 Å². The minimum Gasteiger partial charge on any atom is -0.481 e. The molecule has 1 aliphatic heterocycles. The summed E-state index contributed by atoms with van der Waals surface area (Å²) in [7, 11) is 1.78. The van der Waals surface area contributed by atoms with E-state index in [0.717, 1.165) is 19.7 Å². The number of nitrogens with zero attached hydrogens (tertiary/aromatic N) is 1. The Balaban J connectivity index is 1.95. The molecule has 0 unspecified atom stereocenters. The summed E-state index contributed by atoms with van der Waals surface area (Å²) in [6, 6.07) is 0. The minimum absolute atomic E-state index is 0.260. The Bertz CT molecular complexity index is 278. The monoisotopic (exact) mass is 241 g/mol. The molecule has 4 nitrogen and oxygen atoms in total. The number of carbonyl (C=O) groups is 1. The van der Waals surface area contributed by atoms with Gasteiger partial charge >= 0.3 is 5.97 Å². The fraction of sp³-hybridized carbons (Fsp3) is 0.923. The molecule has 0 aromatic carbocycles. The highest BCUT2D eigenvalue weighted by molar-refractivity contribution is 5.66. The van der Waals surface area contributed by atoms with Gasteiger partial charge in [0, 0.05) is 32.2 Å². The highest BCUT2D eigenvalue weighted by atomic mass is 16.5. The molecule has 1 N–H and O–H groups in total. The van der Waals surface area contributed by atoms with Crippen LogP contribution in [0.5, 0.6) is 0 Å². The second-order valence-corrected chi connectivity index (χ2v) is 5.62. The molecule has 0 radical (unpaired) electrons. The molecule has 0 amide bonds. The average molecular weight is 241 g/mol. The largest absolute Gasteiger partial charge is 0.481 e. The number of likely N-dealkylation sites (tertiary alicyclic amines) is 1. The lowest BCUT2D eigenvalue weighted by Crippen LogP contribution is -2.37.